The van der Waals surface area contributed by atoms with Crippen molar-refractivity contribution in [2.75, 3.05) is 13.2 Å². The lowest BCUT2D eigenvalue weighted by Crippen LogP contribution is -2.34. The first-order valence-corrected chi connectivity index (χ1v) is 9.96. The van der Waals surface area contributed by atoms with Crippen LogP contribution in [-0.4, -0.2) is 29.3 Å². The topological polar surface area (TPSA) is 67.0 Å². The number of nitrogens with zero attached hydrogens (tertiary/aromatic N) is 1. The molecule has 1 amide bonds. The van der Waals surface area contributed by atoms with Crippen molar-refractivity contribution in [3.05, 3.63) is 75.9 Å². The molecule has 2 atom stereocenters. The standard InChI is InChI=1S/C22H20ClF2N3O2/c1-12-17(24)5-6-18(25)19(12)21-16(10-26-28-21)22(29)27-20(14-7-8-30-11-14)13-3-2-4-15(23)9-13/h2-6,9-10,14,20H,7-8,11H2,1H3,(H,26,28)(H,27,29)/t14-,20+/m0/s1. The Morgan fingerprint density at radius 3 is 2.83 bits per heavy atom. The lowest BCUT2D eigenvalue weighted by Gasteiger charge is -2.24. The molecule has 0 unspecified atom stereocenters. The summed E-state index contributed by atoms with van der Waals surface area (Å²) in [5, 5.41) is 10.1. The molecule has 2 aromatic carbocycles. The van der Waals surface area contributed by atoms with Gasteiger partial charge in [0.25, 0.3) is 5.91 Å². The molecule has 1 aromatic heterocycles. The maximum Gasteiger partial charge on any atom is 0.255 e. The van der Waals surface area contributed by atoms with Crippen molar-refractivity contribution >= 4 is 17.5 Å². The number of halogens is 3. The second-order valence-corrected chi connectivity index (χ2v) is 7.75. The number of hydrogen-bond donors (Lipinski definition) is 2. The van der Waals surface area contributed by atoms with Gasteiger partial charge in [0.1, 0.15) is 11.6 Å². The largest absolute Gasteiger partial charge is 0.381 e. The van der Waals surface area contributed by atoms with Gasteiger partial charge in [-0.15, -0.1) is 0 Å². The molecule has 0 aliphatic carbocycles. The number of rotatable bonds is 5. The molecule has 156 valence electrons. The number of benzene rings is 2. The Morgan fingerprint density at radius 1 is 1.30 bits per heavy atom. The van der Waals surface area contributed by atoms with Gasteiger partial charge in [0.05, 0.1) is 30.1 Å². The van der Waals surface area contributed by atoms with E-state index in [4.69, 9.17) is 16.3 Å². The van der Waals surface area contributed by atoms with E-state index in [1.807, 2.05) is 12.1 Å². The minimum absolute atomic E-state index is 0.0128. The van der Waals surface area contributed by atoms with Crippen LogP contribution in [0.1, 0.15) is 33.9 Å². The van der Waals surface area contributed by atoms with Gasteiger partial charge in [-0.3, -0.25) is 9.89 Å². The molecule has 0 radical (unpaired) electrons. The van der Waals surface area contributed by atoms with E-state index in [1.165, 1.54) is 13.1 Å². The lowest BCUT2D eigenvalue weighted by atomic mass is 9.92. The normalized spacial score (nSPS) is 17.1. The Bertz CT molecular complexity index is 1080. The maximum atomic E-state index is 14.5. The molecule has 1 aliphatic heterocycles. The highest BCUT2D eigenvalue weighted by atomic mass is 35.5. The fourth-order valence-electron chi connectivity index (χ4n) is 3.82. The van der Waals surface area contributed by atoms with Crippen LogP contribution >= 0.6 is 11.6 Å². The van der Waals surface area contributed by atoms with Gasteiger partial charge in [0, 0.05) is 23.1 Å². The highest BCUT2D eigenvalue weighted by Gasteiger charge is 2.30. The third kappa shape index (κ3) is 3.95. The summed E-state index contributed by atoms with van der Waals surface area (Å²) >= 11 is 6.15. The summed E-state index contributed by atoms with van der Waals surface area (Å²) in [5.41, 5.74) is 1.21. The average molecular weight is 432 g/mol. The molecular formula is C22H20ClF2N3O2. The van der Waals surface area contributed by atoms with Crippen LogP contribution in [0.15, 0.2) is 42.6 Å². The van der Waals surface area contributed by atoms with Crippen LogP contribution in [0.3, 0.4) is 0 Å². The molecule has 30 heavy (non-hydrogen) atoms. The van der Waals surface area contributed by atoms with E-state index in [2.05, 4.69) is 15.5 Å². The Kier molecular flexibility index (Phi) is 5.83. The van der Waals surface area contributed by atoms with Gasteiger partial charge < -0.3 is 10.1 Å². The van der Waals surface area contributed by atoms with Crippen LogP contribution < -0.4 is 5.32 Å². The molecule has 3 aromatic rings. The zero-order chi connectivity index (χ0) is 21.3. The van der Waals surface area contributed by atoms with Crippen LogP contribution in [0.25, 0.3) is 11.3 Å². The van der Waals surface area contributed by atoms with Gasteiger partial charge in [-0.25, -0.2) is 8.78 Å². The minimum Gasteiger partial charge on any atom is -0.381 e. The third-order valence-corrected chi connectivity index (χ3v) is 5.65. The van der Waals surface area contributed by atoms with Crippen LogP contribution in [0.4, 0.5) is 8.78 Å². The van der Waals surface area contributed by atoms with Gasteiger partial charge in [0.2, 0.25) is 0 Å². The molecule has 8 heteroatoms. The van der Waals surface area contributed by atoms with Gasteiger partial charge in [-0.05, 0) is 48.7 Å². The monoisotopic (exact) mass is 431 g/mol. The van der Waals surface area contributed by atoms with Gasteiger partial charge >= 0.3 is 0 Å². The lowest BCUT2D eigenvalue weighted by molar-refractivity contribution is 0.0916. The summed E-state index contributed by atoms with van der Waals surface area (Å²) in [6.45, 7) is 2.58. The molecule has 0 spiro atoms. The number of H-pyrrole nitrogens is 1. The molecular weight excluding hydrogens is 412 g/mol. The fourth-order valence-corrected chi connectivity index (χ4v) is 4.02. The maximum absolute atomic E-state index is 14.5. The van der Waals surface area contributed by atoms with Gasteiger partial charge in [0.15, 0.2) is 0 Å². The number of aromatic amines is 1. The number of aromatic nitrogens is 2. The smallest absolute Gasteiger partial charge is 0.255 e. The molecule has 2 N–H and O–H groups in total. The van der Waals surface area contributed by atoms with E-state index in [-0.39, 0.29) is 34.3 Å². The van der Waals surface area contributed by atoms with Crippen molar-refractivity contribution in [3.8, 4) is 11.3 Å². The summed E-state index contributed by atoms with van der Waals surface area (Å²) in [7, 11) is 0. The van der Waals surface area contributed by atoms with Crippen molar-refractivity contribution in [1.82, 2.24) is 15.5 Å². The predicted octanol–water partition coefficient (Wildman–Crippen LogP) is 4.82. The number of amides is 1. The van der Waals surface area contributed by atoms with Crippen molar-refractivity contribution < 1.29 is 18.3 Å². The number of carbonyl (C=O) groups is 1. The molecule has 4 rings (SSSR count). The number of nitrogens with one attached hydrogen (secondary N) is 2. The van der Waals surface area contributed by atoms with E-state index in [9.17, 15) is 13.6 Å². The number of hydrogen-bond acceptors (Lipinski definition) is 3. The first-order chi connectivity index (χ1) is 14.5. The summed E-state index contributed by atoms with van der Waals surface area (Å²) in [6, 6.07) is 9.02. The Balaban J connectivity index is 1.68. The zero-order valence-corrected chi connectivity index (χ0v) is 17.0. The molecule has 5 nitrogen and oxygen atoms in total. The first-order valence-electron chi connectivity index (χ1n) is 9.58. The van der Waals surface area contributed by atoms with Gasteiger partial charge in [-0.2, -0.15) is 5.10 Å². The SMILES string of the molecule is Cc1c(F)ccc(F)c1-c1[nH]ncc1C(=O)N[C@H](c1cccc(Cl)c1)[C@H]1CCOC1. The Labute approximate surface area is 177 Å². The molecule has 0 saturated carbocycles. The summed E-state index contributed by atoms with van der Waals surface area (Å²) in [4.78, 5) is 13.2. The molecule has 1 aliphatic rings. The number of carbonyl (C=O) groups excluding carboxylic acids is 1. The van der Waals surface area contributed by atoms with Crippen LogP contribution in [0, 0.1) is 24.5 Å². The summed E-state index contributed by atoms with van der Waals surface area (Å²) in [5.74, 6) is -1.58. The van der Waals surface area contributed by atoms with E-state index in [1.54, 1.807) is 12.1 Å². The molecule has 2 heterocycles. The summed E-state index contributed by atoms with van der Waals surface area (Å²) < 4.78 is 34.0. The van der Waals surface area contributed by atoms with E-state index in [0.29, 0.717) is 18.2 Å². The van der Waals surface area contributed by atoms with E-state index >= 15 is 0 Å². The fraction of sp³-hybridized carbons (Fsp3) is 0.273. The van der Waals surface area contributed by atoms with Crippen molar-refractivity contribution in [2.45, 2.75) is 19.4 Å². The summed E-state index contributed by atoms with van der Waals surface area (Å²) in [6.07, 6.45) is 2.10. The second kappa shape index (κ2) is 8.53. The van der Waals surface area contributed by atoms with E-state index < -0.39 is 17.5 Å². The molecule has 1 saturated heterocycles. The Morgan fingerprint density at radius 2 is 2.10 bits per heavy atom. The molecule has 0 bridgehead atoms. The quantitative estimate of drug-likeness (QED) is 0.608. The van der Waals surface area contributed by atoms with Crippen LogP contribution in [-0.2, 0) is 4.74 Å². The van der Waals surface area contributed by atoms with Crippen molar-refractivity contribution in [2.24, 2.45) is 5.92 Å². The zero-order valence-electron chi connectivity index (χ0n) is 16.2. The van der Waals surface area contributed by atoms with Crippen molar-refractivity contribution in [3.63, 3.8) is 0 Å². The second-order valence-electron chi connectivity index (χ2n) is 7.32. The third-order valence-electron chi connectivity index (χ3n) is 5.41. The Hall–Kier alpha value is -2.77. The van der Waals surface area contributed by atoms with Gasteiger partial charge in [-0.1, -0.05) is 23.7 Å². The minimum atomic E-state index is -0.636. The van der Waals surface area contributed by atoms with E-state index in [0.717, 1.165) is 24.1 Å². The van der Waals surface area contributed by atoms with Crippen LogP contribution in [0.5, 0.6) is 0 Å². The highest BCUT2D eigenvalue weighted by molar-refractivity contribution is 6.30. The highest BCUT2D eigenvalue weighted by Crippen LogP contribution is 2.32. The van der Waals surface area contributed by atoms with Crippen molar-refractivity contribution in [1.29, 1.82) is 0 Å². The molecule has 1 fully saturated rings. The number of ether oxygens (including phenoxy) is 1. The predicted molar refractivity (Wildman–Crippen MR) is 109 cm³/mol. The van der Waals surface area contributed by atoms with Crippen LogP contribution in [0.2, 0.25) is 5.02 Å². The average Bonchev–Trinajstić information content (AvgIpc) is 3.41. The first kappa shape index (κ1) is 20.5.